The number of nitro groups is 2. The van der Waals surface area contributed by atoms with Crippen molar-refractivity contribution in [2.45, 2.75) is 66.1 Å². The zero-order chi connectivity index (χ0) is 29.5. The Balaban J connectivity index is 1.39. The van der Waals surface area contributed by atoms with Crippen LogP contribution >= 0.6 is 23.4 Å². The van der Waals surface area contributed by atoms with Gasteiger partial charge in [0.2, 0.25) is 0 Å². The number of para-hydroxylation sites is 1. The van der Waals surface area contributed by atoms with Gasteiger partial charge in [-0.2, -0.15) is 0 Å². The third-order valence-electron chi connectivity index (χ3n) is 8.91. The fraction of sp³-hybridized carbons (Fsp3) is 0.387. The zero-order valence-corrected chi connectivity index (χ0v) is 24.6. The molecule has 2 aliphatic heterocycles. The Kier molecular flexibility index (Phi) is 7.85. The van der Waals surface area contributed by atoms with Crippen LogP contribution in [0.4, 0.5) is 17.1 Å². The zero-order valence-electron chi connectivity index (χ0n) is 23.0. The van der Waals surface area contributed by atoms with Crippen LogP contribution in [0, 0.1) is 26.1 Å². The van der Waals surface area contributed by atoms with E-state index in [0.29, 0.717) is 16.9 Å². The number of nitrogens with one attached hydrogen (secondary N) is 1. The fourth-order valence-electron chi connectivity index (χ4n) is 6.85. The third kappa shape index (κ3) is 5.22. The molecule has 1 saturated heterocycles. The summed E-state index contributed by atoms with van der Waals surface area (Å²) in [7, 11) is 0. The predicted molar refractivity (Wildman–Crippen MR) is 163 cm³/mol. The monoisotopic (exact) mass is 606 g/mol. The molecule has 218 valence electrons. The van der Waals surface area contributed by atoms with Gasteiger partial charge in [0.15, 0.2) is 0 Å². The molecule has 3 aromatic rings. The van der Waals surface area contributed by atoms with Gasteiger partial charge in [-0.1, -0.05) is 24.3 Å². The normalized spacial score (nSPS) is 26.6. The van der Waals surface area contributed by atoms with Gasteiger partial charge in [0.1, 0.15) is 0 Å². The summed E-state index contributed by atoms with van der Waals surface area (Å²) in [6.07, 6.45) is 3.74. The van der Waals surface area contributed by atoms with E-state index in [1.165, 1.54) is 23.9 Å². The van der Waals surface area contributed by atoms with Crippen LogP contribution in [-0.4, -0.2) is 43.9 Å². The molecule has 1 aliphatic carbocycles. The molecule has 3 aliphatic rings. The number of anilines is 1. The molecular formula is C31H31ClN4O5S. The van der Waals surface area contributed by atoms with E-state index in [0.717, 1.165) is 42.6 Å². The van der Waals surface area contributed by atoms with Crippen molar-refractivity contribution in [3.63, 3.8) is 0 Å². The summed E-state index contributed by atoms with van der Waals surface area (Å²) in [5.74, 6) is -0.210. The number of non-ortho nitro benzene ring substituents is 1. The smallest absolute Gasteiger partial charge is 0.282 e. The molecule has 2 fully saturated rings. The molecule has 1 N–H and O–H groups in total. The van der Waals surface area contributed by atoms with Gasteiger partial charge in [-0.25, -0.2) is 0 Å². The van der Waals surface area contributed by atoms with Crippen LogP contribution in [0.3, 0.4) is 0 Å². The van der Waals surface area contributed by atoms with Crippen molar-refractivity contribution < 1.29 is 14.6 Å². The van der Waals surface area contributed by atoms with Crippen LogP contribution in [0.15, 0.2) is 71.6 Å². The summed E-state index contributed by atoms with van der Waals surface area (Å²) in [5, 5.41) is 26.4. The number of alkyl halides is 1. The summed E-state index contributed by atoms with van der Waals surface area (Å²) >= 11 is 8.69. The third-order valence-corrected chi connectivity index (χ3v) is 11.0. The Labute approximate surface area is 252 Å². The maximum Gasteiger partial charge on any atom is 0.282 e. The van der Waals surface area contributed by atoms with Gasteiger partial charge in [-0.3, -0.25) is 25.0 Å². The van der Waals surface area contributed by atoms with Crippen molar-refractivity contribution in [3.05, 3.63) is 104 Å². The minimum absolute atomic E-state index is 0.0114. The molecule has 9 nitrogen and oxygen atoms in total. The first-order valence-corrected chi connectivity index (χ1v) is 15.5. The highest BCUT2D eigenvalue weighted by Crippen LogP contribution is 2.58. The second-order valence-corrected chi connectivity index (χ2v) is 13.2. The van der Waals surface area contributed by atoms with E-state index in [1.54, 1.807) is 30.3 Å². The molecule has 2 heterocycles. The standard InChI is InChI=1S/C31H31ClN4O5S/c1-18-7-4-5-14-34(18)31(37)20-12-13-24-22(16-20)28-23(30(33-24)19-8-6-9-21(15-19)35(38)39)17-27(29(28)32)42-26-11-3-2-10-25(26)36(40)41/h2-3,6,8-13,15-16,18,23,27-30,33H,4-5,7,14,17H2,1H3/t18-,23+,27-,28+,29-,30+/m1/s1. The highest BCUT2D eigenvalue weighted by molar-refractivity contribution is 8.00. The van der Waals surface area contributed by atoms with Crippen LogP contribution < -0.4 is 5.32 Å². The highest BCUT2D eigenvalue weighted by atomic mass is 35.5. The van der Waals surface area contributed by atoms with E-state index in [1.807, 2.05) is 29.2 Å². The second kappa shape index (κ2) is 11.6. The number of fused-ring (bicyclic) bond motifs is 3. The number of benzene rings is 3. The summed E-state index contributed by atoms with van der Waals surface area (Å²) in [4.78, 5) is 38.6. The van der Waals surface area contributed by atoms with Crippen molar-refractivity contribution >= 4 is 46.3 Å². The Morgan fingerprint density at radius 2 is 1.83 bits per heavy atom. The average molecular weight is 607 g/mol. The van der Waals surface area contributed by atoms with Gasteiger partial charge >= 0.3 is 0 Å². The summed E-state index contributed by atoms with van der Waals surface area (Å²) in [6, 6.07) is 19.0. The van der Waals surface area contributed by atoms with Crippen LogP contribution in [0.1, 0.15) is 66.1 Å². The van der Waals surface area contributed by atoms with Crippen molar-refractivity contribution in [2.75, 3.05) is 11.9 Å². The number of hydrogen-bond donors (Lipinski definition) is 1. The lowest BCUT2D eigenvalue weighted by atomic mass is 9.76. The van der Waals surface area contributed by atoms with Crippen LogP contribution in [0.2, 0.25) is 0 Å². The SMILES string of the molecule is C[C@@H]1CCCCN1C(=O)c1ccc2c(c1)[C@@H]1[C@H](Cl)[C@H](Sc3ccccc3[N+](=O)[O-])C[C@@H]1[C@H](c1cccc([N+](=O)[O-])c1)N2. The second-order valence-electron chi connectivity index (χ2n) is 11.4. The molecule has 3 aromatic carbocycles. The molecule has 0 bridgehead atoms. The number of nitro benzene ring substituents is 2. The number of nitrogens with zero attached hydrogens (tertiary/aromatic N) is 3. The largest absolute Gasteiger partial charge is 0.378 e. The molecule has 6 rings (SSSR count). The predicted octanol–water partition coefficient (Wildman–Crippen LogP) is 7.56. The fourth-order valence-corrected chi connectivity index (χ4v) is 8.79. The molecular weight excluding hydrogens is 576 g/mol. The molecule has 6 atom stereocenters. The van der Waals surface area contributed by atoms with E-state index in [4.69, 9.17) is 11.6 Å². The molecule has 0 spiro atoms. The molecule has 42 heavy (non-hydrogen) atoms. The van der Waals surface area contributed by atoms with Crippen molar-refractivity contribution in [2.24, 2.45) is 5.92 Å². The van der Waals surface area contributed by atoms with Crippen molar-refractivity contribution in [1.82, 2.24) is 4.90 Å². The van der Waals surface area contributed by atoms with Gasteiger partial charge in [0, 0.05) is 53.2 Å². The summed E-state index contributed by atoms with van der Waals surface area (Å²) < 4.78 is 0. The first-order chi connectivity index (χ1) is 20.2. The lowest BCUT2D eigenvalue weighted by Crippen LogP contribution is -2.42. The number of carbonyl (C=O) groups excluding carboxylic acids is 1. The van der Waals surface area contributed by atoms with Gasteiger partial charge < -0.3 is 10.2 Å². The van der Waals surface area contributed by atoms with Gasteiger partial charge in [-0.05, 0) is 73.9 Å². The number of likely N-dealkylation sites (tertiary alicyclic amines) is 1. The van der Waals surface area contributed by atoms with E-state index < -0.39 is 4.92 Å². The molecule has 0 unspecified atom stereocenters. The van der Waals surface area contributed by atoms with Gasteiger partial charge in [-0.15, -0.1) is 23.4 Å². The Hall–Kier alpha value is -3.63. The average Bonchev–Trinajstić information content (AvgIpc) is 3.32. The van der Waals surface area contributed by atoms with Crippen molar-refractivity contribution in [1.29, 1.82) is 0 Å². The number of amides is 1. The Morgan fingerprint density at radius 3 is 2.60 bits per heavy atom. The number of carbonyl (C=O) groups is 1. The van der Waals surface area contributed by atoms with Crippen LogP contribution in [-0.2, 0) is 0 Å². The van der Waals surface area contributed by atoms with Crippen LogP contribution in [0.25, 0.3) is 0 Å². The molecule has 1 saturated carbocycles. The topological polar surface area (TPSA) is 119 Å². The molecule has 11 heteroatoms. The Bertz CT molecular complexity index is 1550. The van der Waals surface area contributed by atoms with E-state index in [2.05, 4.69) is 12.2 Å². The van der Waals surface area contributed by atoms with Gasteiger partial charge in [0.05, 0.1) is 26.2 Å². The lowest BCUT2D eigenvalue weighted by molar-refractivity contribution is -0.387. The number of rotatable bonds is 6. The van der Waals surface area contributed by atoms with E-state index in [9.17, 15) is 25.0 Å². The maximum atomic E-state index is 13.6. The summed E-state index contributed by atoms with van der Waals surface area (Å²) in [5.41, 5.74) is 3.25. The quantitative estimate of drug-likeness (QED) is 0.175. The van der Waals surface area contributed by atoms with Crippen molar-refractivity contribution in [3.8, 4) is 0 Å². The molecule has 0 radical (unpaired) electrons. The molecule has 0 aromatic heterocycles. The minimum Gasteiger partial charge on any atom is -0.378 e. The maximum absolute atomic E-state index is 13.6. The number of hydrogen-bond acceptors (Lipinski definition) is 7. The van der Waals surface area contributed by atoms with Gasteiger partial charge in [0.25, 0.3) is 17.3 Å². The number of piperidine rings is 1. The lowest BCUT2D eigenvalue weighted by Gasteiger charge is -2.39. The number of halogens is 1. The van der Waals surface area contributed by atoms with E-state index >= 15 is 0 Å². The highest BCUT2D eigenvalue weighted by Gasteiger charge is 2.50. The summed E-state index contributed by atoms with van der Waals surface area (Å²) in [6.45, 7) is 2.83. The number of thioether (sulfide) groups is 1. The minimum atomic E-state index is -0.399. The van der Waals surface area contributed by atoms with E-state index in [-0.39, 0.29) is 56.8 Å². The molecule has 1 amide bonds. The first kappa shape index (κ1) is 28.5. The Morgan fingerprint density at radius 1 is 1.02 bits per heavy atom. The van der Waals surface area contributed by atoms with Crippen LogP contribution in [0.5, 0.6) is 0 Å². The first-order valence-electron chi connectivity index (χ1n) is 14.2.